The number of H-pyrrole nitrogens is 1. The molecule has 0 aliphatic heterocycles. The Bertz CT molecular complexity index is 773. The number of nitrogens with two attached hydrogens (primary N) is 1. The van der Waals surface area contributed by atoms with Crippen molar-refractivity contribution in [3.8, 4) is 0 Å². The van der Waals surface area contributed by atoms with Crippen LogP contribution in [0.5, 0.6) is 0 Å². The molecule has 3 rings (SSSR count). The first-order chi connectivity index (χ1) is 12.0. The van der Waals surface area contributed by atoms with Crippen LogP contribution < -0.4 is 5.73 Å². The van der Waals surface area contributed by atoms with E-state index in [1.807, 2.05) is 25.1 Å². The van der Waals surface area contributed by atoms with Crippen LogP contribution in [0.2, 0.25) is 0 Å². The molecule has 0 radical (unpaired) electrons. The summed E-state index contributed by atoms with van der Waals surface area (Å²) in [5.74, 6) is 0.500. The van der Waals surface area contributed by atoms with Gasteiger partial charge in [0, 0.05) is 33.6 Å². The number of aromatic nitrogens is 1. The maximum absolute atomic E-state index is 11.7. The highest BCUT2D eigenvalue weighted by Gasteiger charge is 2.25. The van der Waals surface area contributed by atoms with Crippen LogP contribution in [0.1, 0.15) is 65.3 Å². The third kappa shape index (κ3) is 4.03. The number of carbonyl (C=O) groups excluding carboxylic acids is 1. The second-order valence-corrected chi connectivity index (χ2v) is 8.49. The van der Waals surface area contributed by atoms with E-state index in [0.29, 0.717) is 11.6 Å². The van der Waals surface area contributed by atoms with Gasteiger partial charge in [-0.1, -0.05) is 37.8 Å². The summed E-state index contributed by atoms with van der Waals surface area (Å²) >= 11 is 0. The summed E-state index contributed by atoms with van der Waals surface area (Å²) in [6.45, 7) is 1.91. The van der Waals surface area contributed by atoms with Crippen molar-refractivity contribution in [3.05, 3.63) is 52.8 Å². The molecule has 1 aromatic heterocycles. The van der Waals surface area contributed by atoms with Gasteiger partial charge in [-0.15, -0.1) is 0 Å². The number of rotatable bonds is 6. The van der Waals surface area contributed by atoms with Gasteiger partial charge in [0.15, 0.2) is 0 Å². The summed E-state index contributed by atoms with van der Waals surface area (Å²) in [4.78, 5) is 15.7. The van der Waals surface area contributed by atoms with E-state index in [9.17, 15) is 9.00 Å². The van der Waals surface area contributed by atoms with Crippen LogP contribution in [0.15, 0.2) is 35.2 Å². The van der Waals surface area contributed by atoms with Gasteiger partial charge in [0.25, 0.3) is 5.91 Å². The first kappa shape index (κ1) is 17.9. The Morgan fingerprint density at radius 1 is 1.28 bits per heavy atom. The average molecular weight is 359 g/mol. The van der Waals surface area contributed by atoms with Gasteiger partial charge in [-0.2, -0.15) is 0 Å². The smallest absolute Gasteiger partial charge is 0.265 e. The van der Waals surface area contributed by atoms with E-state index in [1.165, 1.54) is 31.2 Å². The van der Waals surface area contributed by atoms with Crippen molar-refractivity contribution in [1.82, 2.24) is 4.98 Å². The van der Waals surface area contributed by atoms with Crippen molar-refractivity contribution < 1.29 is 9.00 Å². The molecule has 1 aromatic carbocycles. The Labute approximate surface area is 151 Å². The van der Waals surface area contributed by atoms with Crippen LogP contribution >= 0.6 is 0 Å². The third-order valence-corrected chi connectivity index (χ3v) is 6.25. The topological polar surface area (TPSA) is 75.9 Å². The predicted molar refractivity (Wildman–Crippen MR) is 101 cm³/mol. The van der Waals surface area contributed by atoms with Gasteiger partial charge in [0.2, 0.25) is 0 Å². The number of nitrogens with one attached hydrogen (secondary N) is 1. The zero-order chi connectivity index (χ0) is 18.0. The standard InChI is InChI=1S/C20H26N2O2S/c1-13-11-18(22-19(13)20(21)23)17(12-14-5-3-4-6-14)15-7-9-16(10-8-15)25(2)24/h7-11,14,17,22H,3-6,12H2,1-2H3,(H2,21,23). The molecule has 1 saturated carbocycles. The number of primary amides is 1. The monoisotopic (exact) mass is 358 g/mol. The van der Waals surface area contributed by atoms with Gasteiger partial charge < -0.3 is 10.7 Å². The van der Waals surface area contributed by atoms with E-state index in [-0.39, 0.29) is 5.92 Å². The van der Waals surface area contributed by atoms with Gasteiger partial charge in [-0.05, 0) is 48.6 Å². The zero-order valence-electron chi connectivity index (χ0n) is 14.9. The molecule has 1 heterocycles. The summed E-state index contributed by atoms with van der Waals surface area (Å²) in [5, 5.41) is 0. The molecular formula is C20H26N2O2S. The molecule has 1 fully saturated rings. The predicted octanol–water partition coefficient (Wildman–Crippen LogP) is 3.87. The summed E-state index contributed by atoms with van der Waals surface area (Å²) in [5.41, 5.74) is 9.11. The number of amides is 1. The van der Waals surface area contributed by atoms with Crippen LogP contribution in [-0.2, 0) is 10.8 Å². The van der Waals surface area contributed by atoms with Crippen LogP contribution in [0.4, 0.5) is 0 Å². The summed E-state index contributed by atoms with van der Waals surface area (Å²) in [6.07, 6.45) is 7.92. The number of aromatic amines is 1. The minimum absolute atomic E-state index is 0.203. The highest BCUT2D eigenvalue weighted by molar-refractivity contribution is 7.84. The van der Waals surface area contributed by atoms with E-state index >= 15 is 0 Å². The van der Waals surface area contributed by atoms with Gasteiger partial charge in [0.05, 0.1) is 0 Å². The molecule has 25 heavy (non-hydrogen) atoms. The Morgan fingerprint density at radius 3 is 2.44 bits per heavy atom. The van der Waals surface area contributed by atoms with Crippen molar-refractivity contribution in [3.63, 3.8) is 0 Å². The summed E-state index contributed by atoms with van der Waals surface area (Å²) in [6, 6.07) is 10.1. The molecular weight excluding hydrogens is 332 g/mol. The molecule has 134 valence electrons. The SMILES string of the molecule is Cc1cc(C(CC2CCCC2)c2ccc(S(C)=O)cc2)[nH]c1C(N)=O. The van der Waals surface area contributed by atoms with Crippen molar-refractivity contribution in [2.45, 2.75) is 49.8 Å². The van der Waals surface area contributed by atoms with Gasteiger partial charge >= 0.3 is 0 Å². The number of hydrogen-bond acceptors (Lipinski definition) is 2. The Morgan fingerprint density at radius 2 is 1.92 bits per heavy atom. The van der Waals surface area contributed by atoms with Gasteiger partial charge in [-0.3, -0.25) is 9.00 Å². The quantitative estimate of drug-likeness (QED) is 0.822. The molecule has 2 unspecified atom stereocenters. The van der Waals surface area contributed by atoms with Crippen LogP contribution in [-0.4, -0.2) is 21.4 Å². The second kappa shape index (κ2) is 7.56. The van der Waals surface area contributed by atoms with E-state index in [0.717, 1.165) is 22.6 Å². The number of aryl methyl sites for hydroxylation is 1. The average Bonchev–Trinajstić information content (AvgIpc) is 3.22. The van der Waals surface area contributed by atoms with Crippen molar-refractivity contribution >= 4 is 16.7 Å². The van der Waals surface area contributed by atoms with Crippen LogP contribution in [0.3, 0.4) is 0 Å². The van der Waals surface area contributed by atoms with E-state index in [2.05, 4.69) is 17.1 Å². The van der Waals surface area contributed by atoms with Gasteiger partial charge in [-0.25, -0.2) is 0 Å². The van der Waals surface area contributed by atoms with Crippen molar-refractivity contribution in [1.29, 1.82) is 0 Å². The molecule has 5 heteroatoms. The molecule has 0 bridgehead atoms. The highest BCUT2D eigenvalue weighted by atomic mass is 32.2. The summed E-state index contributed by atoms with van der Waals surface area (Å²) in [7, 11) is -0.974. The molecule has 1 aliphatic rings. The fourth-order valence-corrected chi connectivity index (χ4v) is 4.46. The lowest BCUT2D eigenvalue weighted by Crippen LogP contribution is -2.13. The lowest BCUT2D eigenvalue weighted by molar-refractivity contribution is 0.0995. The lowest BCUT2D eigenvalue weighted by atomic mass is 9.85. The minimum Gasteiger partial charge on any atom is -0.364 e. The first-order valence-electron chi connectivity index (χ1n) is 8.88. The van der Waals surface area contributed by atoms with Crippen molar-refractivity contribution in [2.24, 2.45) is 11.7 Å². The molecule has 2 atom stereocenters. The number of hydrogen-bond donors (Lipinski definition) is 2. The molecule has 4 nitrogen and oxygen atoms in total. The normalized spacial score (nSPS) is 17.5. The number of benzene rings is 1. The zero-order valence-corrected chi connectivity index (χ0v) is 15.7. The second-order valence-electron chi connectivity index (χ2n) is 7.11. The summed E-state index contributed by atoms with van der Waals surface area (Å²) < 4.78 is 11.7. The minimum atomic E-state index is -0.974. The fraction of sp³-hybridized carbons (Fsp3) is 0.450. The fourth-order valence-electron chi connectivity index (χ4n) is 3.94. The van der Waals surface area contributed by atoms with E-state index in [1.54, 1.807) is 6.26 Å². The molecule has 3 N–H and O–H groups in total. The molecule has 1 aliphatic carbocycles. The maximum Gasteiger partial charge on any atom is 0.265 e. The van der Waals surface area contributed by atoms with Crippen LogP contribution in [0.25, 0.3) is 0 Å². The molecule has 0 spiro atoms. The Balaban J connectivity index is 1.95. The van der Waals surface area contributed by atoms with E-state index < -0.39 is 16.7 Å². The molecule has 1 amide bonds. The maximum atomic E-state index is 11.7. The Hall–Kier alpha value is -1.88. The third-order valence-electron chi connectivity index (χ3n) is 5.32. The van der Waals surface area contributed by atoms with E-state index in [4.69, 9.17) is 5.73 Å². The molecule has 2 aromatic rings. The highest BCUT2D eigenvalue weighted by Crippen LogP contribution is 2.38. The largest absolute Gasteiger partial charge is 0.364 e. The van der Waals surface area contributed by atoms with Crippen LogP contribution in [0, 0.1) is 12.8 Å². The van der Waals surface area contributed by atoms with Crippen molar-refractivity contribution in [2.75, 3.05) is 6.26 Å². The molecule has 0 saturated heterocycles. The first-order valence-corrected chi connectivity index (χ1v) is 10.4. The Kier molecular flexibility index (Phi) is 5.42. The lowest BCUT2D eigenvalue weighted by Gasteiger charge is -2.20. The van der Waals surface area contributed by atoms with Gasteiger partial charge in [0.1, 0.15) is 5.69 Å². The number of carbonyl (C=O) groups is 1.